The lowest BCUT2D eigenvalue weighted by molar-refractivity contribution is -0.143. The smallest absolute Gasteiger partial charge is 0.305 e. The normalized spacial score (nSPS) is 10.1. The molecule has 1 aromatic rings. The third-order valence-corrected chi connectivity index (χ3v) is 3.23. The Morgan fingerprint density at radius 3 is 2.33 bits per heavy atom. The van der Waals surface area contributed by atoms with Gasteiger partial charge in [0, 0.05) is 22.0 Å². The maximum absolute atomic E-state index is 11.8. The molecule has 0 saturated heterocycles. The SMILES string of the molecule is CCOC(=O)CCCCC(=O)c1ccc(I)cc1. The predicted octanol–water partition coefficient (Wildman–Crippen LogP) is 3.60. The summed E-state index contributed by atoms with van der Waals surface area (Å²) in [5, 5.41) is 0. The first-order chi connectivity index (χ1) is 8.63. The van der Waals surface area contributed by atoms with Crippen LogP contribution in [-0.4, -0.2) is 18.4 Å². The van der Waals surface area contributed by atoms with E-state index in [0.29, 0.717) is 25.9 Å². The van der Waals surface area contributed by atoms with E-state index in [-0.39, 0.29) is 11.8 Å². The van der Waals surface area contributed by atoms with Gasteiger partial charge in [0.1, 0.15) is 0 Å². The van der Waals surface area contributed by atoms with Gasteiger partial charge in [-0.05, 0) is 54.5 Å². The molecule has 98 valence electrons. The van der Waals surface area contributed by atoms with Crippen molar-refractivity contribution in [3.05, 3.63) is 33.4 Å². The van der Waals surface area contributed by atoms with E-state index in [0.717, 1.165) is 15.6 Å². The van der Waals surface area contributed by atoms with Gasteiger partial charge in [0.25, 0.3) is 0 Å². The summed E-state index contributed by atoms with van der Waals surface area (Å²) < 4.78 is 5.94. The molecule has 1 rings (SSSR count). The number of halogens is 1. The van der Waals surface area contributed by atoms with Gasteiger partial charge in [-0.15, -0.1) is 0 Å². The highest BCUT2D eigenvalue weighted by molar-refractivity contribution is 14.1. The quantitative estimate of drug-likeness (QED) is 0.323. The number of esters is 1. The van der Waals surface area contributed by atoms with Gasteiger partial charge < -0.3 is 4.74 Å². The van der Waals surface area contributed by atoms with E-state index in [1.165, 1.54) is 0 Å². The summed E-state index contributed by atoms with van der Waals surface area (Å²) in [4.78, 5) is 22.9. The van der Waals surface area contributed by atoms with E-state index in [1.807, 2.05) is 24.3 Å². The molecule has 0 heterocycles. The minimum atomic E-state index is -0.181. The molecule has 0 aliphatic heterocycles. The number of ether oxygens (including phenoxy) is 1. The first-order valence-electron chi connectivity index (χ1n) is 6.08. The first kappa shape index (κ1) is 15.1. The molecule has 0 fully saturated rings. The number of rotatable bonds is 7. The maximum Gasteiger partial charge on any atom is 0.305 e. The summed E-state index contributed by atoms with van der Waals surface area (Å²) in [7, 11) is 0. The first-order valence-corrected chi connectivity index (χ1v) is 7.15. The lowest BCUT2D eigenvalue weighted by atomic mass is 10.0. The van der Waals surface area contributed by atoms with Gasteiger partial charge in [-0.3, -0.25) is 9.59 Å². The van der Waals surface area contributed by atoms with Crippen molar-refractivity contribution >= 4 is 34.3 Å². The number of carbonyl (C=O) groups is 2. The van der Waals surface area contributed by atoms with Crippen LogP contribution in [0.15, 0.2) is 24.3 Å². The molecular formula is C14H17IO3. The number of benzene rings is 1. The van der Waals surface area contributed by atoms with Crippen molar-refractivity contribution in [2.45, 2.75) is 32.6 Å². The summed E-state index contributed by atoms with van der Waals surface area (Å²) in [6, 6.07) is 7.53. The van der Waals surface area contributed by atoms with Crippen molar-refractivity contribution in [1.82, 2.24) is 0 Å². The third kappa shape index (κ3) is 5.62. The lowest BCUT2D eigenvalue weighted by Gasteiger charge is -2.02. The zero-order valence-electron chi connectivity index (χ0n) is 10.4. The zero-order valence-corrected chi connectivity index (χ0v) is 12.6. The second-order valence-electron chi connectivity index (χ2n) is 3.94. The number of carbonyl (C=O) groups excluding carboxylic acids is 2. The van der Waals surface area contributed by atoms with Crippen molar-refractivity contribution in [3.63, 3.8) is 0 Å². The highest BCUT2D eigenvalue weighted by Crippen LogP contribution is 2.11. The van der Waals surface area contributed by atoms with Crippen LogP contribution >= 0.6 is 22.6 Å². The van der Waals surface area contributed by atoms with E-state index >= 15 is 0 Å². The Morgan fingerprint density at radius 2 is 1.72 bits per heavy atom. The van der Waals surface area contributed by atoms with Crippen LogP contribution < -0.4 is 0 Å². The van der Waals surface area contributed by atoms with E-state index in [1.54, 1.807) is 6.92 Å². The monoisotopic (exact) mass is 360 g/mol. The molecule has 0 radical (unpaired) electrons. The van der Waals surface area contributed by atoms with Crippen LogP contribution in [0.4, 0.5) is 0 Å². The van der Waals surface area contributed by atoms with Crippen molar-refractivity contribution < 1.29 is 14.3 Å². The number of hydrogen-bond acceptors (Lipinski definition) is 3. The van der Waals surface area contributed by atoms with Gasteiger partial charge in [-0.2, -0.15) is 0 Å². The molecule has 4 heteroatoms. The van der Waals surface area contributed by atoms with Crippen LogP contribution in [0.1, 0.15) is 43.0 Å². The second-order valence-corrected chi connectivity index (χ2v) is 5.19. The summed E-state index contributed by atoms with van der Waals surface area (Å²) in [6.07, 6.45) is 2.31. The number of hydrogen-bond donors (Lipinski definition) is 0. The fourth-order valence-electron chi connectivity index (χ4n) is 1.57. The van der Waals surface area contributed by atoms with E-state index in [2.05, 4.69) is 22.6 Å². The van der Waals surface area contributed by atoms with Crippen LogP contribution in [0.2, 0.25) is 0 Å². The van der Waals surface area contributed by atoms with E-state index in [4.69, 9.17) is 4.74 Å². The van der Waals surface area contributed by atoms with E-state index < -0.39 is 0 Å². The molecule has 0 saturated carbocycles. The molecule has 0 aliphatic rings. The Bertz CT molecular complexity index is 398. The molecule has 0 N–H and O–H groups in total. The molecule has 0 amide bonds. The Morgan fingerprint density at radius 1 is 1.11 bits per heavy atom. The van der Waals surface area contributed by atoms with Crippen molar-refractivity contribution in [1.29, 1.82) is 0 Å². The Hall–Kier alpha value is -0.910. The van der Waals surface area contributed by atoms with Crippen LogP contribution in [0.25, 0.3) is 0 Å². The van der Waals surface area contributed by atoms with Gasteiger partial charge in [0.2, 0.25) is 0 Å². The van der Waals surface area contributed by atoms with Crippen LogP contribution in [-0.2, 0) is 9.53 Å². The van der Waals surface area contributed by atoms with Gasteiger partial charge in [0.05, 0.1) is 6.61 Å². The number of Topliss-reactive ketones (excluding diaryl/α,β-unsaturated/α-hetero) is 1. The summed E-state index contributed by atoms with van der Waals surface area (Å²) in [5.41, 5.74) is 0.742. The Kier molecular flexibility index (Phi) is 6.93. The molecule has 0 atom stereocenters. The molecule has 3 nitrogen and oxygen atoms in total. The largest absolute Gasteiger partial charge is 0.466 e. The Balaban J connectivity index is 2.25. The maximum atomic E-state index is 11.8. The minimum absolute atomic E-state index is 0.134. The summed E-state index contributed by atoms with van der Waals surface area (Å²) in [6.45, 7) is 2.21. The number of ketones is 1. The molecule has 0 unspecified atom stereocenters. The molecule has 0 aliphatic carbocycles. The highest BCUT2D eigenvalue weighted by atomic mass is 127. The molecule has 18 heavy (non-hydrogen) atoms. The zero-order chi connectivity index (χ0) is 13.4. The average molecular weight is 360 g/mol. The lowest BCUT2D eigenvalue weighted by Crippen LogP contribution is -2.04. The van der Waals surface area contributed by atoms with Gasteiger partial charge in [-0.25, -0.2) is 0 Å². The predicted molar refractivity (Wildman–Crippen MR) is 78.6 cm³/mol. The standard InChI is InChI=1S/C14H17IO3/c1-2-18-14(17)6-4-3-5-13(16)11-7-9-12(15)10-8-11/h7-10H,2-6H2,1H3. The molecule has 0 bridgehead atoms. The molecule has 0 spiro atoms. The average Bonchev–Trinajstić information content (AvgIpc) is 2.35. The fourth-order valence-corrected chi connectivity index (χ4v) is 1.93. The fraction of sp³-hybridized carbons (Fsp3) is 0.429. The second kappa shape index (κ2) is 8.24. The number of unbranched alkanes of at least 4 members (excludes halogenated alkanes) is 1. The van der Waals surface area contributed by atoms with Gasteiger partial charge in [-0.1, -0.05) is 12.1 Å². The molecule has 0 aromatic heterocycles. The van der Waals surface area contributed by atoms with Crippen molar-refractivity contribution in [3.8, 4) is 0 Å². The van der Waals surface area contributed by atoms with Crippen LogP contribution in [0, 0.1) is 3.57 Å². The van der Waals surface area contributed by atoms with Gasteiger partial charge >= 0.3 is 5.97 Å². The van der Waals surface area contributed by atoms with Crippen molar-refractivity contribution in [2.24, 2.45) is 0 Å². The summed E-state index contributed by atoms with van der Waals surface area (Å²) in [5.74, 6) is -0.0468. The highest BCUT2D eigenvalue weighted by Gasteiger charge is 2.06. The van der Waals surface area contributed by atoms with Gasteiger partial charge in [0.15, 0.2) is 5.78 Å². The minimum Gasteiger partial charge on any atom is -0.466 e. The third-order valence-electron chi connectivity index (χ3n) is 2.51. The van der Waals surface area contributed by atoms with Crippen LogP contribution in [0.5, 0.6) is 0 Å². The molecular weight excluding hydrogens is 343 g/mol. The van der Waals surface area contributed by atoms with E-state index in [9.17, 15) is 9.59 Å². The molecule has 1 aromatic carbocycles. The van der Waals surface area contributed by atoms with Crippen molar-refractivity contribution in [2.75, 3.05) is 6.61 Å². The Labute approximate surface area is 121 Å². The summed E-state index contributed by atoms with van der Waals surface area (Å²) >= 11 is 2.21. The topological polar surface area (TPSA) is 43.4 Å². The van der Waals surface area contributed by atoms with Crippen LogP contribution in [0.3, 0.4) is 0 Å².